The number of rotatable bonds is 5. The van der Waals surface area contributed by atoms with Gasteiger partial charge in [0.1, 0.15) is 0 Å². The maximum absolute atomic E-state index is 8.95. The van der Waals surface area contributed by atoms with Crippen LogP contribution in [0, 0.1) is 5.92 Å². The van der Waals surface area contributed by atoms with Crippen molar-refractivity contribution in [3.05, 3.63) is 29.8 Å². The molecule has 0 unspecified atom stereocenters. The lowest BCUT2D eigenvalue weighted by atomic mass is 9.87. The Morgan fingerprint density at radius 2 is 1.76 bits per heavy atom. The highest BCUT2D eigenvalue weighted by Gasteiger charge is 2.12. The van der Waals surface area contributed by atoms with E-state index in [1.807, 2.05) is 24.3 Å². The molecule has 94 valence electrons. The highest BCUT2D eigenvalue weighted by atomic mass is 16.3. The van der Waals surface area contributed by atoms with Gasteiger partial charge in [0.2, 0.25) is 0 Å². The van der Waals surface area contributed by atoms with E-state index < -0.39 is 0 Å². The van der Waals surface area contributed by atoms with Crippen molar-refractivity contribution in [2.45, 2.75) is 45.1 Å². The summed E-state index contributed by atoms with van der Waals surface area (Å²) in [5.41, 5.74) is 2.14. The van der Waals surface area contributed by atoms with E-state index in [-0.39, 0.29) is 6.61 Å². The molecule has 2 nitrogen and oxygen atoms in total. The van der Waals surface area contributed by atoms with E-state index in [1.54, 1.807) is 0 Å². The van der Waals surface area contributed by atoms with Crippen molar-refractivity contribution in [1.29, 1.82) is 0 Å². The maximum atomic E-state index is 8.95. The minimum atomic E-state index is 0.127. The summed E-state index contributed by atoms with van der Waals surface area (Å²) >= 11 is 0. The van der Waals surface area contributed by atoms with Crippen LogP contribution in [-0.4, -0.2) is 11.7 Å². The molecule has 0 spiro atoms. The number of aliphatic hydroxyl groups is 1. The summed E-state index contributed by atoms with van der Waals surface area (Å²) in [5, 5.41) is 12.4. The normalized spacial score (nSPS) is 17.0. The summed E-state index contributed by atoms with van der Waals surface area (Å²) < 4.78 is 0. The van der Waals surface area contributed by atoms with E-state index in [0.29, 0.717) is 0 Å². The minimum absolute atomic E-state index is 0.127. The fourth-order valence-corrected chi connectivity index (χ4v) is 2.62. The standard InChI is InChI=1S/C15H23NO/c17-12-14-6-8-15(9-7-14)16-11-10-13-4-2-1-3-5-13/h6-9,13,16-17H,1-5,10-12H2. The molecule has 1 aromatic carbocycles. The Morgan fingerprint density at radius 3 is 2.41 bits per heavy atom. The van der Waals surface area contributed by atoms with Gasteiger partial charge in [0, 0.05) is 12.2 Å². The van der Waals surface area contributed by atoms with Gasteiger partial charge in [-0.1, -0.05) is 44.2 Å². The molecule has 0 atom stereocenters. The second kappa shape index (κ2) is 6.65. The Bertz CT molecular complexity index is 314. The topological polar surface area (TPSA) is 32.3 Å². The van der Waals surface area contributed by atoms with Crippen molar-refractivity contribution >= 4 is 5.69 Å². The molecule has 1 fully saturated rings. The number of aliphatic hydroxyl groups excluding tert-OH is 1. The molecule has 0 radical (unpaired) electrons. The van der Waals surface area contributed by atoms with Crippen LogP contribution >= 0.6 is 0 Å². The van der Waals surface area contributed by atoms with Crippen LogP contribution in [0.5, 0.6) is 0 Å². The van der Waals surface area contributed by atoms with Crippen LogP contribution in [0.3, 0.4) is 0 Å². The second-order valence-electron chi connectivity index (χ2n) is 5.07. The fourth-order valence-electron chi connectivity index (χ4n) is 2.62. The fraction of sp³-hybridized carbons (Fsp3) is 0.600. The Kier molecular flexibility index (Phi) is 4.87. The molecule has 0 saturated heterocycles. The summed E-state index contributed by atoms with van der Waals surface area (Å²) in [5.74, 6) is 0.938. The number of hydrogen-bond acceptors (Lipinski definition) is 2. The van der Waals surface area contributed by atoms with E-state index >= 15 is 0 Å². The molecular weight excluding hydrogens is 210 g/mol. The van der Waals surface area contributed by atoms with Crippen molar-refractivity contribution in [1.82, 2.24) is 0 Å². The molecule has 1 aromatic rings. The molecule has 2 N–H and O–H groups in total. The third-order valence-corrected chi connectivity index (χ3v) is 3.74. The van der Waals surface area contributed by atoms with Gasteiger partial charge >= 0.3 is 0 Å². The highest BCUT2D eigenvalue weighted by molar-refractivity contribution is 5.44. The van der Waals surface area contributed by atoms with Crippen LogP contribution in [0.1, 0.15) is 44.1 Å². The van der Waals surface area contributed by atoms with Crippen molar-refractivity contribution in [2.24, 2.45) is 5.92 Å². The van der Waals surface area contributed by atoms with E-state index in [4.69, 9.17) is 5.11 Å². The van der Waals surface area contributed by atoms with E-state index in [0.717, 1.165) is 23.7 Å². The predicted molar refractivity (Wildman–Crippen MR) is 72.0 cm³/mol. The van der Waals surface area contributed by atoms with Crippen LogP contribution in [0.2, 0.25) is 0 Å². The number of nitrogens with one attached hydrogen (secondary N) is 1. The van der Waals surface area contributed by atoms with Gasteiger partial charge in [-0.05, 0) is 30.0 Å². The van der Waals surface area contributed by atoms with Crippen molar-refractivity contribution in [3.63, 3.8) is 0 Å². The first-order valence-corrected chi connectivity index (χ1v) is 6.82. The zero-order chi connectivity index (χ0) is 11.9. The van der Waals surface area contributed by atoms with Gasteiger partial charge < -0.3 is 10.4 Å². The first kappa shape index (κ1) is 12.4. The lowest BCUT2D eigenvalue weighted by molar-refractivity contribution is 0.282. The van der Waals surface area contributed by atoms with Crippen LogP contribution in [0.25, 0.3) is 0 Å². The number of benzene rings is 1. The molecule has 0 heterocycles. The van der Waals surface area contributed by atoms with E-state index in [1.165, 1.54) is 38.5 Å². The quantitative estimate of drug-likeness (QED) is 0.815. The van der Waals surface area contributed by atoms with Crippen LogP contribution in [-0.2, 0) is 6.61 Å². The van der Waals surface area contributed by atoms with Gasteiger partial charge in [-0.15, -0.1) is 0 Å². The molecule has 2 heteroatoms. The van der Waals surface area contributed by atoms with E-state index in [9.17, 15) is 0 Å². The average molecular weight is 233 g/mol. The predicted octanol–water partition coefficient (Wildman–Crippen LogP) is 3.56. The summed E-state index contributed by atoms with van der Waals surface area (Å²) in [6, 6.07) is 8.05. The Morgan fingerprint density at radius 1 is 1.06 bits per heavy atom. The molecule has 2 rings (SSSR count). The van der Waals surface area contributed by atoms with Crippen LogP contribution in [0.15, 0.2) is 24.3 Å². The first-order chi connectivity index (χ1) is 8.38. The molecule has 0 bridgehead atoms. The SMILES string of the molecule is OCc1ccc(NCCC2CCCCC2)cc1. The Hall–Kier alpha value is -1.02. The largest absolute Gasteiger partial charge is 0.392 e. The van der Waals surface area contributed by atoms with Gasteiger partial charge in [0.15, 0.2) is 0 Å². The van der Waals surface area contributed by atoms with Crippen molar-refractivity contribution in [3.8, 4) is 0 Å². The maximum Gasteiger partial charge on any atom is 0.0681 e. The van der Waals surface area contributed by atoms with E-state index in [2.05, 4.69) is 5.32 Å². The van der Waals surface area contributed by atoms with Gasteiger partial charge in [-0.3, -0.25) is 0 Å². The first-order valence-electron chi connectivity index (χ1n) is 6.82. The Labute approximate surface area is 104 Å². The summed E-state index contributed by atoms with van der Waals surface area (Å²) in [6.45, 7) is 1.20. The summed E-state index contributed by atoms with van der Waals surface area (Å²) in [4.78, 5) is 0. The molecule has 1 aliphatic carbocycles. The summed E-state index contributed by atoms with van der Waals surface area (Å²) in [7, 11) is 0. The molecule has 1 aliphatic rings. The number of anilines is 1. The van der Waals surface area contributed by atoms with Crippen molar-refractivity contribution in [2.75, 3.05) is 11.9 Å². The average Bonchev–Trinajstić information content (AvgIpc) is 2.41. The lowest BCUT2D eigenvalue weighted by Crippen LogP contribution is -2.12. The smallest absolute Gasteiger partial charge is 0.0681 e. The molecule has 0 aromatic heterocycles. The molecule has 17 heavy (non-hydrogen) atoms. The molecule has 1 saturated carbocycles. The van der Waals surface area contributed by atoms with Gasteiger partial charge in [0.05, 0.1) is 6.61 Å². The van der Waals surface area contributed by atoms with Gasteiger partial charge in [-0.2, -0.15) is 0 Å². The Balaban J connectivity index is 1.69. The van der Waals surface area contributed by atoms with Crippen LogP contribution < -0.4 is 5.32 Å². The summed E-state index contributed by atoms with van der Waals surface area (Å²) in [6.07, 6.45) is 8.43. The molecule has 0 amide bonds. The van der Waals surface area contributed by atoms with Crippen LogP contribution in [0.4, 0.5) is 5.69 Å². The lowest BCUT2D eigenvalue weighted by Gasteiger charge is -2.21. The van der Waals surface area contributed by atoms with Crippen molar-refractivity contribution < 1.29 is 5.11 Å². The number of hydrogen-bond donors (Lipinski definition) is 2. The molecular formula is C15H23NO. The third-order valence-electron chi connectivity index (χ3n) is 3.74. The van der Waals surface area contributed by atoms with Gasteiger partial charge in [-0.25, -0.2) is 0 Å². The zero-order valence-electron chi connectivity index (χ0n) is 10.5. The molecule has 0 aliphatic heterocycles. The third kappa shape index (κ3) is 4.04. The second-order valence-corrected chi connectivity index (χ2v) is 5.07. The minimum Gasteiger partial charge on any atom is -0.392 e. The monoisotopic (exact) mass is 233 g/mol. The highest BCUT2D eigenvalue weighted by Crippen LogP contribution is 2.26. The zero-order valence-corrected chi connectivity index (χ0v) is 10.5. The van der Waals surface area contributed by atoms with Gasteiger partial charge in [0.25, 0.3) is 0 Å².